The first-order valence-corrected chi connectivity index (χ1v) is 8.08. The number of hydrogen-bond acceptors (Lipinski definition) is 4. The summed E-state index contributed by atoms with van der Waals surface area (Å²) in [6, 6.07) is 5.66. The van der Waals surface area contributed by atoms with Gasteiger partial charge in [-0.2, -0.15) is 5.10 Å². The van der Waals surface area contributed by atoms with E-state index in [1.165, 1.54) is 0 Å². The van der Waals surface area contributed by atoms with E-state index in [1.54, 1.807) is 17.1 Å². The van der Waals surface area contributed by atoms with E-state index in [1.807, 2.05) is 31.3 Å². The topological polar surface area (TPSA) is 85.8 Å². The van der Waals surface area contributed by atoms with Crippen molar-refractivity contribution in [3.63, 3.8) is 0 Å². The van der Waals surface area contributed by atoms with Crippen molar-refractivity contribution in [2.75, 3.05) is 0 Å². The predicted octanol–water partition coefficient (Wildman–Crippen LogP) is 1.79. The molecular weight excluding hydrogens is 290 g/mol. The van der Waals surface area contributed by atoms with Gasteiger partial charge in [-0.25, -0.2) is 9.67 Å². The standard InChI is InChI=1S/C17H23N5O/c1-17(18)8-3-2-7-14(17)16(23)20-12-13-6-4-9-19-15(13)22-11-5-10-21-22/h4-6,9-11,14H,2-3,7-8,12,18H2,1H3,(H,20,23). The molecule has 1 aliphatic carbocycles. The zero-order valence-electron chi connectivity index (χ0n) is 13.4. The van der Waals surface area contributed by atoms with Gasteiger partial charge >= 0.3 is 0 Å². The molecule has 23 heavy (non-hydrogen) atoms. The van der Waals surface area contributed by atoms with Crippen molar-refractivity contribution in [2.45, 2.75) is 44.7 Å². The van der Waals surface area contributed by atoms with Gasteiger partial charge in [-0.3, -0.25) is 4.79 Å². The Morgan fingerprint density at radius 2 is 2.30 bits per heavy atom. The Kier molecular flexibility index (Phi) is 4.43. The van der Waals surface area contributed by atoms with Crippen molar-refractivity contribution in [3.8, 4) is 5.82 Å². The minimum Gasteiger partial charge on any atom is -0.352 e. The minimum absolute atomic E-state index is 0.0324. The van der Waals surface area contributed by atoms with Gasteiger partial charge in [0.15, 0.2) is 5.82 Å². The number of carbonyl (C=O) groups excluding carboxylic acids is 1. The summed E-state index contributed by atoms with van der Waals surface area (Å²) in [4.78, 5) is 16.9. The maximum absolute atomic E-state index is 12.6. The molecule has 0 saturated heterocycles. The van der Waals surface area contributed by atoms with Crippen LogP contribution in [0.25, 0.3) is 5.82 Å². The molecule has 3 rings (SSSR count). The second-order valence-corrected chi connectivity index (χ2v) is 6.46. The van der Waals surface area contributed by atoms with Gasteiger partial charge in [0.05, 0.1) is 5.92 Å². The molecule has 2 atom stereocenters. The molecule has 2 unspecified atom stereocenters. The summed E-state index contributed by atoms with van der Waals surface area (Å²) >= 11 is 0. The minimum atomic E-state index is -0.415. The van der Waals surface area contributed by atoms with Crippen LogP contribution in [0.4, 0.5) is 0 Å². The summed E-state index contributed by atoms with van der Waals surface area (Å²) in [5, 5.41) is 7.24. The van der Waals surface area contributed by atoms with E-state index in [0.29, 0.717) is 6.54 Å². The van der Waals surface area contributed by atoms with Crippen LogP contribution in [0, 0.1) is 5.92 Å². The third kappa shape index (κ3) is 3.42. The molecule has 1 fully saturated rings. The largest absolute Gasteiger partial charge is 0.352 e. The average Bonchev–Trinajstić information content (AvgIpc) is 3.07. The van der Waals surface area contributed by atoms with E-state index in [2.05, 4.69) is 15.4 Å². The lowest BCUT2D eigenvalue weighted by Crippen LogP contribution is -2.52. The summed E-state index contributed by atoms with van der Waals surface area (Å²) in [6.45, 7) is 2.41. The summed E-state index contributed by atoms with van der Waals surface area (Å²) in [5.74, 6) is 0.642. The van der Waals surface area contributed by atoms with Gasteiger partial charge in [0.25, 0.3) is 0 Å². The summed E-state index contributed by atoms with van der Waals surface area (Å²) in [6.07, 6.45) is 9.19. The average molecular weight is 313 g/mol. The summed E-state index contributed by atoms with van der Waals surface area (Å²) in [5.41, 5.74) is 6.83. The molecule has 0 aromatic carbocycles. The van der Waals surface area contributed by atoms with Crippen LogP contribution < -0.4 is 11.1 Å². The van der Waals surface area contributed by atoms with E-state index in [4.69, 9.17) is 5.73 Å². The second kappa shape index (κ2) is 6.50. The van der Waals surface area contributed by atoms with Crippen molar-refractivity contribution in [2.24, 2.45) is 11.7 Å². The van der Waals surface area contributed by atoms with E-state index in [-0.39, 0.29) is 11.8 Å². The molecule has 6 nitrogen and oxygen atoms in total. The normalized spacial score (nSPS) is 24.3. The Morgan fingerprint density at radius 3 is 3.04 bits per heavy atom. The van der Waals surface area contributed by atoms with E-state index in [9.17, 15) is 4.79 Å². The fourth-order valence-corrected chi connectivity index (χ4v) is 3.26. The lowest BCUT2D eigenvalue weighted by molar-refractivity contribution is -0.128. The Morgan fingerprint density at radius 1 is 1.43 bits per heavy atom. The molecule has 1 aliphatic rings. The first kappa shape index (κ1) is 15.7. The van der Waals surface area contributed by atoms with Gasteiger partial charge in [0, 0.05) is 36.2 Å². The van der Waals surface area contributed by atoms with Crippen LogP contribution in [0.2, 0.25) is 0 Å². The maximum atomic E-state index is 12.6. The van der Waals surface area contributed by atoms with Crippen LogP contribution in [0.3, 0.4) is 0 Å². The Labute approximate surface area is 136 Å². The summed E-state index contributed by atoms with van der Waals surface area (Å²) < 4.78 is 1.70. The Bertz CT molecular complexity index is 665. The van der Waals surface area contributed by atoms with Crippen molar-refractivity contribution in [1.82, 2.24) is 20.1 Å². The number of nitrogens with zero attached hydrogens (tertiary/aromatic N) is 3. The molecule has 0 bridgehead atoms. The number of nitrogens with two attached hydrogens (primary N) is 1. The van der Waals surface area contributed by atoms with Gasteiger partial charge in [0.1, 0.15) is 0 Å². The summed E-state index contributed by atoms with van der Waals surface area (Å²) in [7, 11) is 0. The van der Waals surface area contributed by atoms with Crippen LogP contribution in [0.1, 0.15) is 38.2 Å². The van der Waals surface area contributed by atoms with Gasteiger partial charge in [-0.15, -0.1) is 0 Å². The lowest BCUT2D eigenvalue weighted by atomic mass is 9.74. The Hall–Kier alpha value is -2.21. The lowest BCUT2D eigenvalue weighted by Gasteiger charge is -2.37. The molecule has 2 aromatic rings. The van der Waals surface area contributed by atoms with Gasteiger partial charge < -0.3 is 11.1 Å². The number of rotatable bonds is 4. The number of amides is 1. The number of aromatic nitrogens is 3. The number of hydrogen-bond donors (Lipinski definition) is 2. The molecule has 0 spiro atoms. The molecule has 1 amide bonds. The molecule has 0 aliphatic heterocycles. The molecule has 2 heterocycles. The van der Waals surface area contributed by atoms with E-state index in [0.717, 1.165) is 37.1 Å². The van der Waals surface area contributed by atoms with E-state index < -0.39 is 5.54 Å². The van der Waals surface area contributed by atoms with Crippen molar-refractivity contribution < 1.29 is 4.79 Å². The quantitative estimate of drug-likeness (QED) is 0.901. The predicted molar refractivity (Wildman–Crippen MR) is 87.8 cm³/mol. The molecule has 2 aromatic heterocycles. The first-order chi connectivity index (χ1) is 11.1. The zero-order chi connectivity index (χ0) is 16.3. The smallest absolute Gasteiger partial charge is 0.225 e. The van der Waals surface area contributed by atoms with E-state index >= 15 is 0 Å². The second-order valence-electron chi connectivity index (χ2n) is 6.46. The van der Waals surface area contributed by atoms with Crippen LogP contribution >= 0.6 is 0 Å². The highest BCUT2D eigenvalue weighted by Crippen LogP contribution is 2.31. The third-order valence-electron chi connectivity index (χ3n) is 4.61. The maximum Gasteiger partial charge on any atom is 0.225 e. The first-order valence-electron chi connectivity index (χ1n) is 8.08. The monoisotopic (exact) mass is 313 g/mol. The Balaban J connectivity index is 1.70. The van der Waals surface area contributed by atoms with Crippen LogP contribution in [0.5, 0.6) is 0 Å². The number of carbonyl (C=O) groups is 1. The van der Waals surface area contributed by atoms with Crippen LogP contribution in [-0.4, -0.2) is 26.2 Å². The highest BCUT2D eigenvalue weighted by Gasteiger charge is 2.37. The van der Waals surface area contributed by atoms with Crippen molar-refractivity contribution in [3.05, 3.63) is 42.4 Å². The molecular formula is C17H23N5O. The van der Waals surface area contributed by atoms with Crippen LogP contribution in [-0.2, 0) is 11.3 Å². The number of nitrogens with one attached hydrogen (secondary N) is 1. The van der Waals surface area contributed by atoms with Gasteiger partial charge in [0.2, 0.25) is 5.91 Å². The van der Waals surface area contributed by atoms with Gasteiger partial charge in [-0.1, -0.05) is 18.9 Å². The molecule has 0 radical (unpaired) electrons. The molecule has 6 heteroatoms. The molecule has 122 valence electrons. The molecule has 1 saturated carbocycles. The fourth-order valence-electron chi connectivity index (χ4n) is 3.26. The zero-order valence-corrected chi connectivity index (χ0v) is 13.4. The van der Waals surface area contributed by atoms with Crippen molar-refractivity contribution in [1.29, 1.82) is 0 Å². The number of pyridine rings is 1. The van der Waals surface area contributed by atoms with Crippen molar-refractivity contribution >= 4 is 5.91 Å². The van der Waals surface area contributed by atoms with Crippen LogP contribution in [0.15, 0.2) is 36.8 Å². The third-order valence-corrected chi connectivity index (χ3v) is 4.61. The highest BCUT2D eigenvalue weighted by atomic mass is 16.1. The highest BCUT2D eigenvalue weighted by molar-refractivity contribution is 5.80. The SMILES string of the molecule is CC1(N)CCCCC1C(=O)NCc1cccnc1-n1cccn1. The van der Waals surface area contributed by atoms with Gasteiger partial charge in [-0.05, 0) is 31.9 Å². The molecule has 3 N–H and O–H groups in total. The fraction of sp³-hybridized carbons (Fsp3) is 0.471.